The number of hydrogen-bond acceptors (Lipinski definition) is 9. The highest BCUT2D eigenvalue weighted by Crippen LogP contribution is 2.39. The summed E-state index contributed by atoms with van der Waals surface area (Å²) in [4.78, 5) is 44.6. The zero-order valence-corrected chi connectivity index (χ0v) is 21.0. The Bertz CT molecular complexity index is 1200. The van der Waals surface area contributed by atoms with Crippen molar-refractivity contribution in [2.24, 2.45) is 5.90 Å². The SMILES string of the molecule is CCc1csc([C@](C)(c2ccc(S(=O)(=O)ON)cc2)N(C(C)=O)N2CCN(CC)C(=O)C2=O)n1. The molecule has 1 aromatic heterocycles. The van der Waals surface area contributed by atoms with E-state index in [4.69, 9.17) is 5.90 Å². The highest BCUT2D eigenvalue weighted by molar-refractivity contribution is 7.86. The summed E-state index contributed by atoms with van der Waals surface area (Å²) >= 11 is 1.31. The van der Waals surface area contributed by atoms with Crippen molar-refractivity contribution in [1.29, 1.82) is 0 Å². The highest BCUT2D eigenvalue weighted by Gasteiger charge is 2.48. The maximum atomic E-state index is 13.0. The zero-order chi connectivity index (χ0) is 25.3. The number of aryl methyl sites for hydroxylation is 1. The van der Waals surface area contributed by atoms with Crippen LogP contribution in [0, 0.1) is 0 Å². The van der Waals surface area contributed by atoms with Crippen LogP contribution >= 0.6 is 11.3 Å². The number of carbonyl (C=O) groups excluding carboxylic acids is 3. The van der Waals surface area contributed by atoms with Gasteiger partial charge in [0.1, 0.15) is 10.5 Å². The summed E-state index contributed by atoms with van der Waals surface area (Å²) in [6.07, 6.45) is 0.657. The van der Waals surface area contributed by atoms with E-state index >= 15 is 0 Å². The average molecular weight is 510 g/mol. The van der Waals surface area contributed by atoms with Gasteiger partial charge in [0.15, 0.2) is 0 Å². The van der Waals surface area contributed by atoms with Crippen molar-refractivity contribution in [1.82, 2.24) is 19.9 Å². The molecule has 3 amide bonds. The van der Waals surface area contributed by atoms with E-state index in [0.29, 0.717) is 23.5 Å². The predicted molar refractivity (Wildman–Crippen MR) is 123 cm³/mol. The van der Waals surface area contributed by atoms with Gasteiger partial charge in [-0.05, 0) is 38.0 Å². The third-order valence-corrected chi connectivity index (χ3v) is 8.00. The molecule has 0 unspecified atom stereocenters. The van der Waals surface area contributed by atoms with Gasteiger partial charge in [-0.15, -0.1) is 11.3 Å². The first-order valence-corrected chi connectivity index (χ1v) is 12.9. The van der Waals surface area contributed by atoms with Crippen molar-refractivity contribution in [3.63, 3.8) is 0 Å². The second kappa shape index (κ2) is 9.78. The second-order valence-corrected chi connectivity index (χ2v) is 10.2. The lowest BCUT2D eigenvalue weighted by molar-refractivity contribution is -0.184. The van der Waals surface area contributed by atoms with Crippen LogP contribution in [0.2, 0.25) is 0 Å². The van der Waals surface area contributed by atoms with E-state index in [9.17, 15) is 22.8 Å². The predicted octanol–water partition coefficient (Wildman–Crippen LogP) is 1.00. The molecule has 1 saturated heterocycles. The Morgan fingerprint density at radius 1 is 1.21 bits per heavy atom. The summed E-state index contributed by atoms with van der Waals surface area (Å²) in [5.41, 5.74) is -0.0439. The third kappa shape index (κ3) is 4.43. The summed E-state index contributed by atoms with van der Waals surface area (Å²) in [7, 11) is -4.14. The molecule has 2 heterocycles. The Labute approximate surface area is 202 Å². The zero-order valence-electron chi connectivity index (χ0n) is 19.3. The van der Waals surface area contributed by atoms with Gasteiger partial charge in [-0.1, -0.05) is 19.1 Å². The molecule has 1 atom stereocenters. The molecule has 13 heteroatoms. The van der Waals surface area contributed by atoms with E-state index in [2.05, 4.69) is 9.27 Å². The molecule has 3 rings (SSSR count). The van der Waals surface area contributed by atoms with Gasteiger partial charge in [0.05, 0.1) is 17.1 Å². The molecular formula is C21H27N5O6S2. The van der Waals surface area contributed by atoms with Crippen LogP contribution < -0.4 is 5.90 Å². The number of benzene rings is 1. The lowest BCUT2D eigenvalue weighted by Gasteiger charge is -2.47. The Hall–Kier alpha value is -2.87. The summed E-state index contributed by atoms with van der Waals surface area (Å²) in [6, 6.07) is 5.60. The lowest BCUT2D eigenvalue weighted by atomic mass is 9.91. The molecule has 0 radical (unpaired) electrons. The van der Waals surface area contributed by atoms with E-state index in [0.717, 1.165) is 10.7 Å². The maximum Gasteiger partial charge on any atom is 0.330 e. The van der Waals surface area contributed by atoms with E-state index in [1.54, 1.807) is 13.8 Å². The second-order valence-electron chi connectivity index (χ2n) is 7.79. The van der Waals surface area contributed by atoms with Crippen molar-refractivity contribution >= 4 is 39.2 Å². The largest absolute Gasteiger partial charge is 0.333 e. The standard InChI is InChI=1S/C21H27N5O6S2/c1-5-16-13-33-20(23-16)21(4,15-7-9-17(10-8-15)34(30,31)32-22)26(14(3)27)25-12-11-24(6-2)18(28)19(25)29/h7-10,13H,5-6,11-12,22H2,1-4H3/t21-/m0/s1. The van der Waals surface area contributed by atoms with Gasteiger partial charge in [-0.25, -0.2) is 15.0 Å². The summed E-state index contributed by atoms with van der Waals surface area (Å²) in [5, 5.41) is 4.75. The number of carbonyl (C=O) groups is 3. The number of amides is 3. The molecule has 1 aromatic carbocycles. The van der Waals surface area contributed by atoms with Gasteiger partial charge in [0, 0.05) is 25.4 Å². The van der Waals surface area contributed by atoms with E-state index in [1.807, 2.05) is 12.3 Å². The maximum absolute atomic E-state index is 13.0. The first-order chi connectivity index (χ1) is 16.0. The molecule has 2 N–H and O–H groups in total. The van der Waals surface area contributed by atoms with Crippen LogP contribution in [0.1, 0.15) is 44.0 Å². The smallest absolute Gasteiger partial charge is 0.330 e. The van der Waals surface area contributed by atoms with E-state index < -0.39 is 33.4 Å². The minimum absolute atomic E-state index is 0.118. The summed E-state index contributed by atoms with van der Waals surface area (Å²) < 4.78 is 28.1. The fraction of sp³-hybridized carbons (Fsp3) is 0.429. The average Bonchev–Trinajstić information content (AvgIpc) is 3.32. The third-order valence-electron chi connectivity index (χ3n) is 5.79. The molecule has 2 aromatic rings. The monoisotopic (exact) mass is 509 g/mol. The molecule has 0 spiro atoms. The fourth-order valence-corrected chi connectivity index (χ4v) is 5.57. The van der Waals surface area contributed by atoms with Gasteiger partial charge in [0.2, 0.25) is 5.91 Å². The van der Waals surface area contributed by atoms with Crippen LogP contribution in [0.4, 0.5) is 0 Å². The number of piperazine rings is 1. The number of rotatable bonds is 8. The minimum atomic E-state index is -4.14. The van der Waals surface area contributed by atoms with Gasteiger partial charge < -0.3 is 4.90 Å². The van der Waals surface area contributed by atoms with Gasteiger partial charge in [-0.3, -0.25) is 14.4 Å². The topological polar surface area (TPSA) is 143 Å². The van der Waals surface area contributed by atoms with Crippen molar-refractivity contribution < 1.29 is 27.1 Å². The van der Waals surface area contributed by atoms with E-state index in [-0.39, 0.29) is 18.0 Å². The first-order valence-electron chi connectivity index (χ1n) is 10.6. The van der Waals surface area contributed by atoms with Gasteiger partial charge in [0.25, 0.3) is 0 Å². The van der Waals surface area contributed by atoms with Crippen molar-refractivity contribution in [2.75, 3.05) is 19.6 Å². The molecular weight excluding hydrogens is 482 g/mol. The molecule has 11 nitrogen and oxygen atoms in total. The molecule has 1 fully saturated rings. The van der Waals surface area contributed by atoms with Crippen LogP contribution in [-0.4, -0.2) is 65.7 Å². The van der Waals surface area contributed by atoms with Crippen molar-refractivity contribution in [2.45, 2.75) is 44.6 Å². The van der Waals surface area contributed by atoms with Crippen molar-refractivity contribution in [3.8, 4) is 0 Å². The van der Waals surface area contributed by atoms with Crippen LogP contribution in [0.5, 0.6) is 0 Å². The number of hydrazine groups is 1. The van der Waals surface area contributed by atoms with Crippen molar-refractivity contribution in [3.05, 3.63) is 45.9 Å². The summed E-state index contributed by atoms with van der Waals surface area (Å²) in [6.45, 7) is 7.49. The van der Waals surface area contributed by atoms with Crippen LogP contribution in [-0.2, 0) is 40.7 Å². The van der Waals surface area contributed by atoms with Crippen LogP contribution in [0.3, 0.4) is 0 Å². The van der Waals surface area contributed by atoms with Gasteiger partial charge >= 0.3 is 21.9 Å². The highest BCUT2D eigenvalue weighted by atomic mass is 32.2. The molecule has 184 valence electrons. The Morgan fingerprint density at radius 2 is 1.85 bits per heavy atom. The first kappa shape index (κ1) is 25.7. The Balaban J connectivity index is 2.19. The van der Waals surface area contributed by atoms with Crippen LogP contribution in [0.25, 0.3) is 0 Å². The Morgan fingerprint density at radius 3 is 2.35 bits per heavy atom. The number of aromatic nitrogens is 1. The number of nitrogens with two attached hydrogens (primary N) is 1. The number of nitrogens with zero attached hydrogens (tertiary/aromatic N) is 4. The molecule has 34 heavy (non-hydrogen) atoms. The van der Waals surface area contributed by atoms with Gasteiger partial charge in [-0.2, -0.15) is 18.6 Å². The molecule has 0 bridgehead atoms. The normalized spacial score (nSPS) is 16.5. The number of hydrogen-bond donors (Lipinski definition) is 1. The fourth-order valence-electron chi connectivity index (χ4n) is 3.91. The van der Waals surface area contributed by atoms with Crippen LogP contribution in [0.15, 0.2) is 34.5 Å². The van der Waals surface area contributed by atoms with E-state index in [1.165, 1.54) is 52.4 Å². The number of thiazole rings is 1. The number of likely N-dealkylation sites (N-methyl/N-ethyl adjacent to an activating group) is 1. The summed E-state index contributed by atoms with van der Waals surface area (Å²) in [5.74, 6) is 2.88. The Kier molecular flexibility index (Phi) is 7.41. The quantitative estimate of drug-likeness (QED) is 0.410. The lowest BCUT2D eigenvalue weighted by Crippen LogP contribution is -2.65. The molecule has 1 aliphatic rings. The molecule has 1 aliphatic heterocycles. The molecule has 0 aliphatic carbocycles. The minimum Gasteiger partial charge on any atom is -0.333 e. The molecule has 0 saturated carbocycles.